The second-order valence-electron chi connectivity index (χ2n) is 6.44. The van der Waals surface area contributed by atoms with Crippen LogP contribution in [0.3, 0.4) is 0 Å². The molecule has 0 aromatic rings. The van der Waals surface area contributed by atoms with Crippen LogP contribution in [0.1, 0.15) is 86.0 Å². The molecule has 0 radical (unpaired) electrons. The molecular weight excluding hydrogens is 240 g/mol. The minimum atomic E-state index is -0.747. The summed E-state index contributed by atoms with van der Waals surface area (Å²) >= 11 is 0. The van der Waals surface area contributed by atoms with Crippen molar-refractivity contribution in [1.82, 2.24) is 0 Å². The highest BCUT2D eigenvalue weighted by Gasteiger charge is 2.25. The number of esters is 1. The van der Waals surface area contributed by atoms with E-state index in [4.69, 9.17) is 4.74 Å². The maximum atomic E-state index is 11.8. The smallest absolute Gasteiger partial charge is 0.306 e. The zero-order valence-electron chi connectivity index (χ0n) is 13.4. The molecule has 0 saturated carbocycles. The normalized spacial score (nSPS) is 15.1. The molecule has 0 aliphatic rings. The van der Waals surface area contributed by atoms with Gasteiger partial charge < -0.3 is 9.84 Å². The fourth-order valence-electron chi connectivity index (χ4n) is 2.07. The largest absolute Gasteiger partial charge is 0.460 e. The molecule has 0 aliphatic heterocycles. The van der Waals surface area contributed by atoms with Gasteiger partial charge >= 0.3 is 5.97 Å². The molecule has 1 N–H and O–H groups in total. The Morgan fingerprint density at radius 1 is 1.00 bits per heavy atom. The molecule has 3 nitrogen and oxygen atoms in total. The zero-order valence-corrected chi connectivity index (χ0v) is 13.4. The molecule has 0 amide bonds. The third-order valence-electron chi connectivity index (χ3n) is 3.46. The molecular formula is C16H32O3. The van der Waals surface area contributed by atoms with E-state index in [0.29, 0.717) is 12.8 Å². The van der Waals surface area contributed by atoms with Crippen LogP contribution in [0, 0.1) is 0 Å². The van der Waals surface area contributed by atoms with E-state index >= 15 is 0 Å². The van der Waals surface area contributed by atoms with E-state index in [1.165, 1.54) is 0 Å². The Morgan fingerprint density at radius 2 is 1.53 bits per heavy atom. The highest BCUT2D eigenvalue weighted by atomic mass is 16.6. The summed E-state index contributed by atoms with van der Waals surface area (Å²) in [5.41, 5.74) is -1.13. The molecule has 3 heteroatoms. The van der Waals surface area contributed by atoms with Gasteiger partial charge in [-0.15, -0.1) is 0 Å². The van der Waals surface area contributed by atoms with E-state index in [9.17, 15) is 9.90 Å². The van der Waals surface area contributed by atoms with Gasteiger partial charge in [0.05, 0.1) is 5.60 Å². The molecule has 0 bridgehead atoms. The van der Waals surface area contributed by atoms with Crippen LogP contribution >= 0.6 is 0 Å². The molecule has 0 fully saturated rings. The summed E-state index contributed by atoms with van der Waals surface area (Å²) in [5, 5.41) is 10.1. The number of carbonyl (C=O) groups excluding carboxylic acids is 1. The van der Waals surface area contributed by atoms with Gasteiger partial charge in [-0.1, -0.05) is 33.1 Å². The summed E-state index contributed by atoms with van der Waals surface area (Å²) in [7, 11) is 0. The van der Waals surface area contributed by atoms with Gasteiger partial charge in [-0.05, 0) is 46.5 Å². The number of unbranched alkanes of at least 4 members (excludes halogenated alkanes) is 2. The first kappa shape index (κ1) is 18.4. The number of rotatable bonds is 10. The SMILES string of the molecule is CCCCC(C)(O)CCC(=O)OC(C)(C)CCCC. The Bertz CT molecular complexity index is 257. The summed E-state index contributed by atoms with van der Waals surface area (Å²) in [6, 6.07) is 0. The minimum Gasteiger partial charge on any atom is -0.460 e. The van der Waals surface area contributed by atoms with Gasteiger partial charge in [-0.2, -0.15) is 0 Å². The fraction of sp³-hybridized carbons (Fsp3) is 0.938. The van der Waals surface area contributed by atoms with Crippen LogP contribution in [-0.2, 0) is 9.53 Å². The lowest BCUT2D eigenvalue weighted by molar-refractivity contribution is -0.158. The Hall–Kier alpha value is -0.570. The van der Waals surface area contributed by atoms with Crippen molar-refractivity contribution in [2.45, 2.75) is 97.2 Å². The molecule has 1 unspecified atom stereocenters. The van der Waals surface area contributed by atoms with E-state index in [2.05, 4.69) is 13.8 Å². The fourth-order valence-corrected chi connectivity index (χ4v) is 2.07. The van der Waals surface area contributed by atoms with E-state index in [0.717, 1.165) is 38.5 Å². The van der Waals surface area contributed by atoms with Gasteiger partial charge in [-0.3, -0.25) is 4.79 Å². The van der Waals surface area contributed by atoms with Crippen molar-refractivity contribution < 1.29 is 14.6 Å². The first-order valence-electron chi connectivity index (χ1n) is 7.66. The third-order valence-corrected chi connectivity index (χ3v) is 3.46. The minimum absolute atomic E-state index is 0.196. The lowest BCUT2D eigenvalue weighted by Crippen LogP contribution is -2.30. The van der Waals surface area contributed by atoms with Crippen molar-refractivity contribution >= 4 is 5.97 Å². The Morgan fingerprint density at radius 3 is 2.05 bits per heavy atom. The zero-order chi connectivity index (χ0) is 14.9. The first-order valence-corrected chi connectivity index (χ1v) is 7.66. The van der Waals surface area contributed by atoms with Crippen molar-refractivity contribution in [3.05, 3.63) is 0 Å². The van der Waals surface area contributed by atoms with Crippen LogP contribution in [0.4, 0.5) is 0 Å². The van der Waals surface area contributed by atoms with Crippen molar-refractivity contribution in [2.75, 3.05) is 0 Å². The highest BCUT2D eigenvalue weighted by Crippen LogP contribution is 2.22. The second-order valence-corrected chi connectivity index (χ2v) is 6.44. The summed E-state index contributed by atoms with van der Waals surface area (Å²) < 4.78 is 5.49. The van der Waals surface area contributed by atoms with Crippen LogP contribution in [0.5, 0.6) is 0 Å². The topological polar surface area (TPSA) is 46.5 Å². The molecule has 0 rings (SSSR count). The molecule has 1 atom stereocenters. The van der Waals surface area contributed by atoms with E-state index in [1.807, 2.05) is 13.8 Å². The Labute approximate surface area is 118 Å². The van der Waals surface area contributed by atoms with Crippen molar-refractivity contribution in [3.8, 4) is 0 Å². The molecule has 0 heterocycles. The van der Waals surface area contributed by atoms with Crippen LogP contribution in [-0.4, -0.2) is 22.3 Å². The van der Waals surface area contributed by atoms with Crippen LogP contribution in [0.25, 0.3) is 0 Å². The molecule has 0 aromatic carbocycles. The standard InChI is InChI=1S/C16H32O3/c1-6-8-11-15(3,4)19-14(17)10-13-16(5,18)12-9-7-2/h18H,6-13H2,1-5H3. The van der Waals surface area contributed by atoms with Crippen LogP contribution in [0.2, 0.25) is 0 Å². The van der Waals surface area contributed by atoms with Gasteiger partial charge in [0.25, 0.3) is 0 Å². The maximum Gasteiger partial charge on any atom is 0.306 e. The quantitative estimate of drug-likeness (QED) is 0.606. The lowest BCUT2D eigenvalue weighted by atomic mass is 9.93. The van der Waals surface area contributed by atoms with Crippen molar-refractivity contribution in [1.29, 1.82) is 0 Å². The van der Waals surface area contributed by atoms with Crippen molar-refractivity contribution in [3.63, 3.8) is 0 Å². The number of ether oxygens (including phenoxy) is 1. The highest BCUT2D eigenvalue weighted by molar-refractivity contribution is 5.69. The van der Waals surface area contributed by atoms with Crippen LogP contribution < -0.4 is 0 Å². The van der Waals surface area contributed by atoms with E-state index in [1.54, 1.807) is 6.92 Å². The van der Waals surface area contributed by atoms with Gasteiger partial charge in [0, 0.05) is 6.42 Å². The van der Waals surface area contributed by atoms with Gasteiger partial charge in [-0.25, -0.2) is 0 Å². The van der Waals surface area contributed by atoms with Gasteiger partial charge in [0.2, 0.25) is 0 Å². The summed E-state index contributed by atoms with van der Waals surface area (Å²) in [5.74, 6) is -0.196. The summed E-state index contributed by atoms with van der Waals surface area (Å²) in [6.45, 7) is 9.94. The molecule has 0 saturated heterocycles. The predicted octanol–water partition coefficient (Wildman–Crippen LogP) is 4.22. The third kappa shape index (κ3) is 9.94. The molecule has 0 spiro atoms. The summed E-state index contributed by atoms with van der Waals surface area (Å²) in [4.78, 5) is 11.8. The van der Waals surface area contributed by atoms with Crippen LogP contribution in [0.15, 0.2) is 0 Å². The van der Waals surface area contributed by atoms with Crippen molar-refractivity contribution in [2.24, 2.45) is 0 Å². The number of carbonyl (C=O) groups is 1. The second kappa shape index (κ2) is 8.57. The Balaban J connectivity index is 4.03. The first-order chi connectivity index (χ1) is 8.72. The Kier molecular flexibility index (Phi) is 8.31. The van der Waals surface area contributed by atoms with E-state index < -0.39 is 5.60 Å². The maximum absolute atomic E-state index is 11.8. The molecule has 0 aromatic heterocycles. The number of hydrogen-bond acceptors (Lipinski definition) is 3. The van der Waals surface area contributed by atoms with E-state index in [-0.39, 0.29) is 11.6 Å². The molecule has 19 heavy (non-hydrogen) atoms. The average molecular weight is 272 g/mol. The number of hydrogen-bond donors (Lipinski definition) is 1. The number of aliphatic hydroxyl groups is 1. The monoisotopic (exact) mass is 272 g/mol. The predicted molar refractivity (Wildman–Crippen MR) is 79.1 cm³/mol. The lowest BCUT2D eigenvalue weighted by Gasteiger charge is -2.27. The summed E-state index contributed by atoms with van der Waals surface area (Å²) in [6.07, 6.45) is 6.63. The molecule has 114 valence electrons. The van der Waals surface area contributed by atoms with Gasteiger partial charge in [0.1, 0.15) is 5.60 Å². The molecule has 0 aliphatic carbocycles. The average Bonchev–Trinajstić information content (AvgIpc) is 2.31. The van der Waals surface area contributed by atoms with Gasteiger partial charge in [0.15, 0.2) is 0 Å².